The van der Waals surface area contributed by atoms with Crippen LogP contribution in [0.4, 0.5) is 0 Å². The van der Waals surface area contributed by atoms with Crippen molar-refractivity contribution in [3.8, 4) is 0 Å². The fourth-order valence-electron chi connectivity index (χ4n) is 1.91. The lowest BCUT2D eigenvalue weighted by molar-refractivity contribution is 0.199. The molecule has 0 unspecified atom stereocenters. The molecule has 0 aliphatic carbocycles. The van der Waals surface area contributed by atoms with Crippen LogP contribution in [0.3, 0.4) is 0 Å². The number of piperazine rings is 1. The van der Waals surface area contributed by atoms with Crippen LogP contribution in [0.1, 0.15) is 12.5 Å². The van der Waals surface area contributed by atoms with Gasteiger partial charge in [-0.25, -0.2) is 4.98 Å². The summed E-state index contributed by atoms with van der Waals surface area (Å²) in [6, 6.07) is 4.48. The van der Waals surface area contributed by atoms with E-state index < -0.39 is 0 Å². The maximum atomic E-state index is 5.74. The first-order valence-corrected chi connectivity index (χ1v) is 5.68. The molecule has 1 aliphatic heterocycles. The van der Waals surface area contributed by atoms with Crippen molar-refractivity contribution in [2.45, 2.75) is 19.5 Å². The Hall–Kier alpha value is -0.640. The van der Waals surface area contributed by atoms with Gasteiger partial charge in [0, 0.05) is 38.4 Å². The zero-order valence-corrected chi connectivity index (χ0v) is 9.67. The largest absolute Gasteiger partial charge is 0.312 e. The Morgan fingerprint density at radius 2 is 2.47 bits per heavy atom. The molecule has 1 aromatic rings. The Labute approximate surface area is 95.4 Å². The maximum absolute atomic E-state index is 5.74. The molecule has 2 rings (SSSR count). The molecule has 0 amide bonds. The maximum Gasteiger partial charge on any atom is 0.129 e. The van der Waals surface area contributed by atoms with E-state index in [4.69, 9.17) is 11.6 Å². The number of aromatic nitrogens is 1. The number of nitrogens with zero attached hydrogens (tertiary/aromatic N) is 2. The average Bonchev–Trinajstić information content (AvgIpc) is 2.22. The van der Waals surface area contributed by atoms with Gasteiger partial charge in [0.25, 0.3) is 0 Å². The number of halogens is 1. The van der Waals surface area contributed by atoms with E-state index in [2.05, 4.69) is 22.1 Å². The van der Waals surface area contributed by atoms with Crippen molar-refractivity contribution in [3.63, 3.8) is 0 Å². The average molecular weight is 226 g/mol. The summed E-state index contributed by atoms with van der Waals surface area (Å²) < 4.78 is 0. The van der Waals surface area contributed by atoms with Gasteiger partial charge in [-0.05, 0) is 18.6 Å². The molecule has 0 bridgehead atoms. The molecular weight excluding hydrogens is 210 g/mol. The van der Waals surface area contributed by atoms with Crippen molar-refractivity contribution >= 4 is 11.6 Å². The van der Waals surface area contributed by atoms with Gasteiger partial charge in [-0.1, -0.05) is 17.7 Å². The first-order valence-electron chi connectivity index (χ1n) is 5.30. The summed E-state index contributed by atoms with van der Waals surface area (Å²) in [4.78, 5) is 6.52. The van der Waals surface area contributed by atoms with Crippen molar-refractivity contribution in [2.24, 2.45) is 0 Å². The van der Waals surface area contributed by atoms with Crippen LogP contribution in [-0.2, 0) is 6.54 Å². The van der Waals surface area contributed by atoms with Gasteiger partial charge in [0.05, 0.1) is 0 Å². The highest BCUT2D eigenvalue weighted by molar-refractivity contribution is 6.29. The summed E-state index contributed by atoms with van der Waals surface area (Å²) in [7, 11) is 0. The van der Waals surface area contributed by atoms with Crippen LogP contribution < -0.4 is 5.32 Å². The van der Waals surface area contributed by atoms with Gasteiger partial charge in [0.1, 0.15) is 5.15 Å². The second-order valence-electron chi connectivity index (χ2n) is 4.08. The van der Waals surface area contributed by atoms with E-state index in [1.54, 1.807) is 0 Å². The lowest BCUT2D eigenvalue weighted by Gasteiger charge is -2.31. The molecule has 1 aliphatic rings. The van der Waals surface area contributed by atoms with Crippen LogP contribution in [0, 0.1) is 0 Å². The molecule has 2 heterocycles. The molecule has 1 fully saturated rings. The zero-order chi connectivity index (χ0) is 10.7. The molecule has 0 aromatic carbocycles. The van der Waals surface area contributed by atoms with Crippen LogP contribution >= 0.6 is 11.6 Å². The zero-order valence-electron chi connectivity index (χ0n) is 8.91. The Kier molecular flexibility index (Phi) is 3.57. The van der Waals surface area contributed by atoms with E-state index in [1.165, 1.54) is 5.56 Å². The second-order valence-corrected chi connectivity index (χ2v) is 4.47. The van der Waals surface area contributed by atoms with E-state index in [0.29, 0.717) is 11.2 Å². The van der Waals surface area contributed by atoms with Crippen molar-refractivity contribution in [1.29, 1.82) is 0 Å². The predicted octanol–water partition coefficient (Wildman–Crippen LogP) is 1.53. The van der Waals surface area contributed by atoms with Gasteiger partial charge in [-0.3, -0.25) is 4.90 Å². The molecule has 82 valence electrons. The smallest absolute Gasteiger partial charge is 0.129 e. The van der Waals surface area contributed by atoms with Gasteiger partial charge in [-0.2, -0.15) is 0 Å². The van der Waals surface area contributed by atoms with Crippen LogP contribution in [0.15, 0.2) is 18.3 Å². The SMILES string of the molecule is C[C@H]1CN(Cc2ccc(Cl)nc2)CCN1. The third-order valence-corrected chi connectivity index (χ3v) is 2.87. The predicted molar refractivity (Wildman–Crippen MR) is 62.0 cm³/mol. The van der Waals surface area contributed by atoms with Crippen LogP contribution in [0.25, 0.3) is 0 Å². The van der Waals surface area contributed by atoms with Crippen molar-refractivity contribution in [1.82, 2.24) is 15.2 Å². The van der Waals surface area contributed by atoms with Gasteiger partial charge in [-0.15, -0.1) is 0 Å². The topological polar surface area (TPSA) is 28.2 Å². The van der Waals surface area contributed by atoms with Gasteiger partial charge in [0.15, 0.2) is 0 Å². The van der Waals surface area contributed by atoms with Crippen molar-refractivity contribution < 1.29 is 0 Å². The Morgan fingerprint density at radius 3 is 3.13 bits per heavy atom. The molecule has 0 radical (unpaired) electrons. The number of rotatable bonds is 2. The molecule has 15 heavy (non-hydrogen) atoms. The van der Waals surface area contributed by atoms with Crippen LogP contribution in [0.5, 0.6) is 0 Å². The fourth-order valence-corrected chi connectivity index (χ4v) is 2.03. The van der Waals surface area contributed by atoms with Crippen molar-refractivity contribution in [3.05, 3.63) is 29.0 Å². The van der Waals surface area contributed by atoms with Gasteiger partial charge >= 0.3 is 0 Å². The van der Waals surface area contributed by atoms with Gasteiger partial charge in [0.2, 0.25) is 0 Å². The van der Waals surface area contributed by atoms with Crippen LogP contribution in [-0.4, -0.2) is 35.6 Å². The van der Waals surface area contributed by atoms with Gasteiger partial charge < -0.3 is 5.32 Å². The molecule has 4 heteroatoms. The van der Waals surface area contributed by atoms with Crippen LogP contribution in [0.2, 0.25) is 5.15 Å². The number of nitrogens with one attached hydrogen (secondary N) is 1. The van der Waals surface area contributed by atoms with E-state index in [9.17, 15) is 0 Å². The molecule has 0 spiro atoms. The summed E-state index contributed by atoms with van der Waals surface area (Å²) in [6.45, 7) is 6.46. The molecule has 1 N–H and O–H groups in total. The first kappa shape index (κ1) is 10.9. The highest BCUT2D eigenvalue weighted by atomic mass is 35.5. The Balaban J connectivity index is 1.93. The lowest BCUT2D eigenvalue weighted by atomic mass is 10.2. The number of pyridine rings is 1. The summed E-state index contributed by atoms with van der Waals surface area (Å²) in [5, 5.41) is 3.99. The number of hydrogen-bond acceptors (Lipinski definition) is 3. The minimum atomic E-state index is 0.562. The highest BCUT2D eigenvalue weighted by Crippen LogP contribution is 2.09. The minimum absolute atomic E-state index is 0.562. The monoisotopic (exact) mass is 225 g/mol. The summed E-state index contributed by atoms with van der Waals surface area (Å²) in [6.07, 6.45) is 1.86. The standard InChI is InChI=1S/C11H16ClN3/c1-9-7-15(5-4-13-9)8-10-2-3-11(12)14-6-10/h2-3,6,9,13H,4-5,7-8H2,1H3/t9-/m0/s1. The van der Waals surface area contributed by atoms with E-state index >= 15 is 0 Å². The minimum Gasteiger partial charge on any atom is -0.312 e. The van der Waals surface area contributed by atoms with E-state index in [-0.39, 0.29) is 0 Å². The van der Waals surface area contributed by atoms with Crippen molar-refractivity contribution in [2.75, 3.05) is 19.6 Å². The highest BCUT2D eigenvalue weighted by Gasteiger charge is 2.15. The molecular formula is C11H16ClN3. The normalized spacial score (nSPS) is 22.9. The Bertz CT molecular complexity index is 312. The quantitative estimate of drug-likeness (QED) is 0.774. The van der Waals surface area contributed by atoms with E-state index in [1.807, 2.05) is 18.3 Å². The third kappa shape index (κ3) is 3.16. The first-order chi connectivity index (χ1) is 7.24. The third-order valence-electron chi connectivity index (χ3n) is 2.65. The Morgan fingerprint density at radius 1 is 1.60 bits per heavy atom. The summed E-state index contributed by atoms with van der Waals surface area (Å²) >= 11 is 5.74. The summed E-state index contributed by atoms with van der Waals surface area (Å²) in [5.74, 6) is 0. The molecule has 0 saturated carbocycles. The molecule has 1 saturated heterocycles. The lowest BCUT2D eigenvalue weighted by Crippen LogP contribution is -2.48. The molecule has 1 aromatic heterocycles. The summed E-state index contributed by atoms with van der Waals surface area (Å²) in [5.41, 5.74) is 1.23. The number of hydrogen-bond donors (Lipinski definition) is 1. The second kappa shape index (κ2) is 4.92. The molecule has 3 nitrogen and oxygen atoms in total. The fraction of sp³-hybridized carbons (Fsp3) is 0.545. The van der Waals surface area contributed by atoms with E-state index in [0.717, 1.165) is 26.2 Å². The molecule has 1 atom stereocenters.